The van der Waals surface area contributed by atoms with E-state index in [2.05, 4.69) is 11.8 Å². The molecule has 2 rings (SSSR count). The number of hydrogen-bond acceptors (Lipinski definition) is 3. The predicted octanol–water partition coefficient (Wildman–Crippen LogP) is 2.07. The average molecular weight is 259 g/mol. The van der Waals surface area contributed by atoms with Gasteiger partial charge >= 0.3 is 0 Å². The Bertz CT molecular complexity index is 336. The van der Waals surface area contributed by atoms with Crippen LogP contribution in [0.25, 0.3) is 0 Å². The number of rotatable bonds is 2. The first-order valence-corrected chi connectivity index (χ1v) is 8.85. The molecule has 0 N–H and O–H groups in total. The molecule has 1 saturated carbocycles. The van der Waals surface area contributed by atoms with Crippen LogP contribution >= 0.6 is 0 Å². The molecule has 0 radical (unpaired) electrons. The molecule has 2 fully saturated rings. The van der Waals surface area contributed by atoms with Crippen molar-refractivity contribution in [2.24, 2.45) is 5.92 Å². The monoisotopic (exact) mass is 259 g/mol. The summed E-state index contributed by atoms with van der Waals surface area (Å²) in [6.07, 6.45) is 8.37. The van der Waals surface area contributed by atoms with Crippen LogP contribution in [0.4, 0.5) is 0 Å². The fraction of sp³-hybridized carbons (Fsp3) is 1.00. The molecule has 0 aromatic heterocycles. The van der Waals surface area contributed by atoms with Crippen molar-refractivity contribution in [3.63, 3.8) is 0 Å². The highest BCUT2D eigenvalue weighted by molar-refractivity contribution is 7.91. The van der Waals surface area contributed by atoms with Gasteiger partial charge in [0, 0.05) is 12.3 Å². The Balaban J connectivity index is 1.83. The first-order valence-electron chi connectivity index (χ1n) is 6.89. The molecule has 17 heavy (non-hydrogen) atoms. The van der Waals surface area contributed by atoms with Crippen LogP contribution in [0.3, 0.4) is 0 Å². The van der Waals surface area contributed by atoms with E-state index in [4.69, 9.17) is 0 Å². The highest BCUT2D eigenvalue weighted by Gasteiger charge is 2.31. The summed E-state index contributed by atoms with van der Waals surface area (Å²) in [7, 11) is -2.82. The van der Waals surface area contributed by atoms with Gasteiger partial charge in [0.25, 0.3) is 0 Å². The minimum absolute atomic E-state index is 0.0822. The minimum atomic E-state index is -2.82. The third-order valence-corrected chi connectivity index (χ3v) is 6.27. The van der Waals surface area contributed by atoms with Crippen LogP contribution < -0.4 is 0 Å². The smallest absolute Gasteiger partial charge is 0.150 e. The Morgan fingerprint density at radius 1 is 0.941 bits per heavy atom. The molecule has 0 spiro atoms. The topological polar surface area (TPSA) is 37.4 Å². The quantitative estimate of drug-likeness (QED) is 0.762. The zero-order valence-corrected chi connectivity index (χ0v) is 11.9. The van der Waals surface area contributed by atoms with Crippen molar-refractivity contribution in [2.75, 3.05) is 19.3 Å². The Morgan fingerprint density at radius 2 is 1.47 bits per heavy atom. The van der Waals surface area contributed by atoms with Gasteiger partial charge in [-0.25, -0.2) is 8.42 Å². The number of piperidine rings is 1. The Hall–Kier alpha value is -0.0900. The van der Waals surface area contributed by atoms with E-state index >= 15 is 0 Å². The maximum absolute atomic E-state index is 11.5. The van der Waals surface area contributed by atoms with Crippen LogP contribution in [0, 0.1) is 5.92 Å². The van der Waals surface area contributed by atoms with Crippen molar-refractivity contribution >= 4 is 9.84 Å². The highest BCUT2D eigenvalue weighted by Crippen LogP contribution is 2.29. The van der Waals surface area contributed by atoms with Crippen molar-refractivity contribution in [1.29, 1.82) is 0 Å². The van der Waals surface area contributed by atoms with Gasteiger partial charge in [-0.1, -0.05) is 6.92 Å². The van der Waals surface area contributed by atoms with Gasteiger partial charge in [0.1, 0.15) is 9.84 Å². The van der Waals surface area contributed by atoms with Crippen LogP contribution in [0.1, 0.15) is 45.4 Å². The summed E-state index contributed by atoms with van der Waals surface area (Å²) in [5.74, 6) is 0.889. The molecular weight excluding hydrogens is 234 g/mol. The van der Waals surface area contributed by atoms with Gasteiger partial charge < -0.3 is 4.90 Å². The Morgan fingerprint density at radius 3 is 1.94 bits per heavy atom. The van der Waals surface area contributed by atoms with Crippen molar-refractivity contribution in [3.8, 4) is 0 Å². The van der Waals surface area contributed by atoms with E-state index < -0.39 is 9.84 Å². The molecule has 3 nitrogen and oxygen atoms in total. The summed E-state index contributed by atoms with van der Waals surface area (Å²) in [4.78, 5) is 2.54. The summed E-state index contributed by atoms with van der Waals surface area (Å²) in [6, 6.07) is 0.728. The van der Waals surface area contributed by atoms with Crippen LogP contribution in [0.2, 0.25) is 0 Å². The molecule has 0 unspecified atom stereocenters. The van der Waals surface area contributed by atoms with Gasteiger partial charge in [-0.3, -0.25) is 0 Å². The molecule has 0 atom stereocenters. The lowest BCUT2D eigenvalue weighted by Crippen LogP contribution is -2.45. The van der Waals surface area contributed by atoms with E-state index in [1.165, 1.54) is 31.9 Å². The number of nitrogens with zero attached hydrogens (tertiary/aromatic N) is 1. The largest absolute Gasteiger partial charge is 0.300 e. The van der Waals surface area contributed by atoms with Crippen molar-refractivity contribution in [1.82, 2.24) is 4.90 Å². The second-order valence-electron chi connectivity index (χ2n) is 5.98. The number of sulfone groups is 1. The molecule has 0 amide bonds. The lowest BCUT2D eigenvalue weighted by Gasteiger charge is -2.40. The van der Waals surface area contributed by atoms with E-state index in [-0.39, 0.29) is 5.25 Å². The van der Waals surface area contributed by atoms with E-state index in [0.29, 0.717) is 0 Å². The summed E-state index contributed by atoms with van der Waals surface area (Å²) in [5, 5.41) is -0.0822. The van der Waals surface area contributed by atoms with E-state index in [1.807, 2.05) is 0 Å². The molecule has 0 aromatic rings. The van der Waals surface area contributed by atoms with E-state index in [9.17, 15) is 8.42 Å². The van der Waals surface area contributed by atoms with Gasteiger partial charge in [0.05, 0.1) is 5.25 Å². The molecule has 2 aliphatic rings. The second-order valence-corrected chi connectivity index (χ2v) is 8.30. The summed E-state index contributed by atoms with van der Waals surface area (Å²) in [5.41, 5.74) is 0. The molecule has 1 aliphatic carbocycles. The third kappa shape index (κ3) is 3.44. The maximum atomic E-state index is 11.5. The molecule has 100 valence electrons. The first kappa shape index (κ1) is 13.3. The summed E-state index contributed by atoms with van der Waals surface area (Å²) in [6.45, 7) is 4.31. The zero-order chi connectivity index (χ0) is 12.5. The first-order chi connectivity index (χ1) is 7.97. The zero-order valence-electron chi connectivity index (χ0n) is 11.1. The van der Waals surface area contributed by atoms with Gasteiger partial charge in [-0.05, 0) is 57.5 Å². The third-order valence-electron chi connectivity index (χ3n) is 4.58. The minimum Gasteiger partial charge on any atom is -0.300 e. The Kier molecular flexibility index (Phi) is 4.14. The van der Waals surface area contributed by atoms with Crippen LogP contribution in [0.5, 0.6) is 0 Å². The summed E-state index contributed by atoms with van der Waals surface area (Å²) >= 11 is 0. The molecular formula is C13H25NO2S. The van der Waals surface area contributed by atoms with Gasteiger partial charge in [0.2, 0.25) is 0 Å². The van der Waals surface area contributed by atoms with Gasteiger partial charge in [-0.15, -0.1) is 0 Å². The number of likely N-dealkylation sites (tertiary alicyclic amines) is 1. The lowest BCUT2D eigenvalue weighted by atomic mass is 9.86. The molecule has 1 heterocycles. The standard InChI is InChI=1S/C13H25NO2S/c1-11-3-5-12(6-4-11)14-9-7-13(8-10-14)17(2,15)16/h11-13H,3-10H2,1-2H3. The van der Waals surface area contributed by atoms with Crippen LogP contribution in [-0.4, -0.2) is 44.0 Å². The molecule has 4 heteroatoms. The fourth-order valence-electron chi connectivity index (χ4n) is 3.28. The van der Waals surface area contributed by atoms with Crippen molar-refractivity contribution in [2.45, 2.75) is 56.7 Å². The van der Waals surface area contributed by atoms with E-state index in [0.717, 1.165) is 37.9 Å². The molecule has 1 aliphatic heterocycles. The summed E-state index contributed by atoms with van der Waals surface area (Å²) < 4.78 is 23.0. The molecule has 1 saturated heterocycles. The van der Waals surface area contributed by atoms with Crippen molar-refractivity contribution in [3.05, 3.63) is 0 Å². The lowest BCUT2D eigenvalue weighted by molar-refractivity contribution is 0.119. The fourth-order valence-corrected chi connectivity index (χ4v) is 4.34. The van der Waals surface area contributed by atoms with Crippen LogP contribution in [-0.2, 0) is 9.84 Å². The Labute approximate surface area is 105 Å². The molecule has 0 bridgehead atoms. The van der Waals surface area contributed by atoms with E-state index in [1.54, 1.807) is 0 Å². The SMILES string of the molecule is CC1CCC(N2CCC(S(C)(=O)=O)CC2)CC1. The molecule has 0 aromatic carbocycles. The predicted molar refractivity (Wildman–Crippen MR) is 70.9 cm³/mol. The normalized spacial score (nSPS) is 33.8. The van der Waals surface area contributed by atoms with Crippen molar-refractivity contribution < 1.29 is 8.42 Å². The van der Waals surface area contributed by atoms with Gasteiger partial charge in [0.15, 0.2) is 0 Å². The second kappa shape index (κ2) is 5.27. The van der Waals surface area contributed by atoms with Gasteiger partial charge in [-0.2, -0.15) is 0 Å². The average Bonchev–Trinajstić information content (AvgIpc) is 2.29. The maximum Gasteiger partial charge on any atom is 0.150 e. The number of hydrogen-bond donors (Lipinski definition) is 0. The highest BCUT2D eigenvalue weighted by atomic mass is 32.2. The van der Waals surface area contributed by atoms with Crippen LogP contribution in [0.15, 0.2) is 0 Å².